The third-order valence-electron chi connectivity index (χ3n) is 1.00. The minimum atomic E-state index is 0.830. The molecule has 0 bridgehead atoms. The van der Waals surface area contributed by atoms with Crippen molar-refractivity contribution in [2.75, 3.05) is 6.54 Å². The van der Waals surface area contributed by atoms with Gasteiger partial charge in [-0.25, -0.2) is 4.99 Å². The summed E-state index contributed by atoms with van der Waals surface area (Å²) >= 11 is 0. The highest BCUT2D eigenvalue weighted by atomic mass is 14.9. The maximum Gasteiger partial charge on any atom is 0.110 e. The number of nitrogens with zero attached hydrogens (tertiary/aromatic N) is 2. The van der Waals surface area contributed by atoms with Crippen LogP contribution in [0.3, 0.4) is 0 Å². The van der Waals surface area contributed by atoms with Gasteiger partial charge in [-0.3, -0.25) is 4.99 Å². The van der Waals surface area contributed by atoms with Crippen molar-refractivity contribution in [2.24, 2.45) is 9.98 Å². The zero-order valence-corrected chi connectivity index (χ0v) is 4.39. The Morgan fingerprint density at radius 3 is 3.00 bits per heavy atom. The molecule has 0 atom stereocenters. The van der Waals surface area contributed by atoms with Gasteiger partial charge >= 0.3 is 0 Å². The molecule has 1 aliphatic rings. The molecule has 0 aromatic heterocycles. The maximum absolute atomic E-state index is 3.98. The standard InChI is InChI=1S/C5H8N2/c1-2-5-3-6-4-7-5/h4H,2-3H2,1H3. The first kappa shape index (κ1) is 4.50. The average molecular weight is 96.1 g/mol. The number of aliphatic imine (C=N–C) groups is 2. The first-order valence-electron chi connectivity index (χ1n) is 2.47. The van der Waals surface area contributed by atoms with Gasteiger partial charge < -0.3 is 0 Å². The Balaban J connectivity index is 2.45. The van der Waals surface area contributed by atoms with Crippen LogP contribution in [0.4, 0.5) is 0 Å². The second kappa shape index (κ2) is 1.87. The Morgan fingerprint density at radius 1 is 1.86 bits per heavy atom. The largest absolute Gasteiger partial charge is 0.267 e. The molecule has 0 amide bonds. The highest BCUT2D eigenvalue weighted by Gasteiger charge is 1.95. The topological polar surface area (TPSA) is 24.7 Å². The number of hydrogen-bond donors (Lipinski definition) is 0. The molecule has 0 saturated heterocycles. The smallest absolute Gasteiger partial charge is 0.110 e. The van der Waals surface area contributed by atoms with Crippen LogP contribution in [0, 0.1) is 0 Å². The molecule has 38 valence electrons. The fourth-order valence-electron chi connectivity index (χ4n) is 0.513. The lowest BCUT2D eigenvalue weighted by atomic mass is 10.3. The van der Waals surface area contributed by atoms with Crippen molar-refractivity contribution >= 4 is 12.1 Å². The molecule has 1 aliphatic heterocycles. The van der Waals surface area contributed by atoms with Crippen molar-refractivity contribution in [3.8, 4) is 0 Å². The van der Waals surface area contributed by atoms with E-state index in [0.717, 1.165) is 13.0 Å². The lowest BCUT2D eigenvalue weighted by Gasteiger charge is -1.84. The van der Waals surface area contributed by atoms with E-state index in [1.807, 2.05) is 0 Å². The van der Waals surface area contributed by atoms with Gasteiger partial charge in [-0.15, -0.1) is 0 Å². The third kappa shape index (κ3) is 0.856. The van der Waals surface area contributed by atoms with Crippen LogP contribution in [-0.4, -0.2) is 18.6 Å². The quantitative estimate of drug-likeness (QED) is 0.463. The van der Waals surface area contributed by atoms with Gasteiger partial charge in [0.1, 0.15) is 6.34 Å². The fourth-order valence-corrected chi connectivity index (χ4v) is 0.513. The van der Waals surface area contributed by atoms with Gasteiger partial charge in [-0.05, 0) is 6.42 Å². The van der Waals surface area contributed by atoms with Crippen LogP contribution in [0.25, 0.3) is 0 Å². The minimum Gasteiger partial charge on any atom is -0.267 e. The molecule has 7 heavy (non-hydrogen) atoms. The maximum atomic E-state index is 3.98. The highest BCUT2D eigenvalue weighted by molar-refractivity contribution is 5.95. The highest BCUT2D eigenvalue weighted by Crippen LogP contribution is 1.90. The monoisotopic (exact) mass is 96.1 g/mol. The van der Waals surface area contributed by atoms with E-state index in [1.54, 1.807) is 6.34 Å². The van der Waals surface area contributed by atoms with Crippen molar-refractivity contribution in [2.45, 2.75) is 13.3 Å². The predicted octanol–water partition coefficient (Wildman–Crippen LogP) is 0.879. The molecule has 0 unspecified atom stereocenters. The van der Waals surface area contributed by atoms with Gasteiger partial charge in [0.25, 0.3) is 0 Å². The number of rotatable bonds is 1. The molecule has 0 aromatic rings. The van der Waals surface area contributed by atoms with Crippen molar-refractivity contribution in [3.05, 3.63) is 0 Å². The van der Waals surface area contributed by atoms with Gasteiger partial charge in [0.2, 0.25) is 0 Å². The van der Waals surface area contributed by atoms with Crippen LogP contribution in [0.5, 0.6) is 0 Å². The summed E-state index contributed by atoms with van der Waals surface area (Å²) in [6, 6.07) is 0. The summed E-state index contributed by atoms with van der Waals surface area (Å²) in [7, 11) is 0. The van der Waals surface area contributed by atoms with Crippen molar-refractivity contribution in [3.63, 3.8) is 0 Å². The van der Waals surface area contributed by atoms with Crippen LogP contribution >= 0.6 is 0 Å². The lowest BCUT2D eigenvalue weighted by molar-refractivity contribution is 1.22. The van der Waals surface area contributed by atoms with Crippen molar-refractivity contribution < 1.29 is 0 Å². The molecule has 0 N–H and O–H groups in total. The van der Waals surface area contributed by atoms with E-state index in [2.05, 4.69) is 16.9 Å². The SMILES string of the molecule is CCC1=NC=NC1. The van der Waals surface area contributed by atoms with E-state index < -0.39 is 0 Å². The Morgan fingerprint density at radius 2 is 2.71 bits per heavy atom. The third-order valence-corrected chi connectivity index (χ3v) is 1.00. The van der Waals surface area contributed by atoms with Gasteiger partial charge in [0.15, 0.2) is 0 Å². The first-order valence-corrected chi connectivity index (χ1v) is 2.47. The Bertz CT molecular complexity index is 113. The zero-order valence-electron chi connectivity index (χ0n) is 4.39. The van der Waals surface area contributed by atoms with E-state index >= 15 is 0 Å². The van der Waals surface area contributed by atoms with Crippen molar-refractivity contribution in [1.29, 1.82) is 0 Å². The molecule has 0 aromatic carbocycles. The molecule has 2 nitrogen and oxygen atoms in total. The summed E-state index contributed by atoms with van der Waals surface area (Å²) in [5.41, 5.74) is 1.19. The van der Waals surface area contributed by atoms with E-state index in [4.69, 9.17) is 0 Å². The summed E-state index contributed by atoms with van der Waals surface area (Å²) in [6.07, 6.45) is 2.67. The Labute approximate surface area is 43.0 Å². The average Bonchev–Trinajstić information content (AvgIpc) is 2.14. The Kier molecular flexibility index (Phi) is 1.20. The van der Waals surface area contributed by atoms with Crippen LogP contribution in [-0.2, 0) is 0 Å². The predicted molar refractivity (Wildman–Crippen MR) is 31.1 cm³/mol. The summed E-state index contributed by atoms with van der Waals surface area (Å²) in [5.74, 6) is 0. The van der Waals surface area contributed by atoms with Crippen LogP contribution in [0.15, 0.2) is 9.98 Å². The molecule has 2 heteroatoms. The van der Waals surface area contributed by atoms with Gasteiger partial charge in [0.05, 0.1) is 6.54 Å². The van der Waals surface area contributed by atoms with Crippen molar-refractivity contribution in [1.82, 2.24) is 0 Å². The summed E-state index contributed by atoms with van der Waals surface area (Å²) < 4.78 is 0. The van der Waals surface area contributed by atoms with Crippen LogP contribution in [0.1, 0.15) is 13.3 Å². The normalized spacial score (nSPS) is 17.6. The van der Waals surface area contributed by atoms with Crippen LogP contribution in [0.2, 0.25) is 0 Å². The second-order valence-corrected chi connectivity index (χ2v) is 1.51. The molecule has 0 saturated carbocycles. The molecule has 0 fully saturated rings. The van der Waals surface area contributed by atoms with E-state index in [9.17, 15) is 0 Å². The Hall–Kier alpha value is -0.660. The van der Waals surface area contributed by atoms with Gasteiger partial charge in [-0.1, -0.05) is 6.92 Å². The van der Waals surface area contributed by atoms with Gasteiger partial charge in [0, 0.05) is 5.71 Å². The fraction of sp³-hybridized carbons (Fsp3) is 0.600. The molecular weight excluding hydrogens is 88.1 g/mol. The molecule has 0 radical (unpaired) electrons. The zero-order chi connectivity index (χ0) is 5.11. The number of hydrogen-bond acceptors (Lipinski definition) is 2. The van der Waals surface area contributed by atoms with Gasteiger partial charge in [-0.2, -0.15) is 0 Å². The summed E-state index contributed by atoms with van der Waals surface area (Å²) in [5, 5.41) is 0. The van der Waals surface area contributed by atoms with Crippen LogP contribution < -0.4 is 0 Å². The summed E-state index contributed by atoms with van der Waals surface area (Å²) in [4.78, 5) is 7.89. The minimum absolute atomic E-state index is 0.830. The lowest BCUT2D eigenvalue weighted by Crippen LogP contribution is -1.94. The molecule has 1 rings (SSSR count). The second-order valence-electron chi connectivity index (χ2n) is 1.51. The molecular formula is C5H8N2. The molecule has 0 aliphatic carbocycles. The molecule has 0 spiro atoms. The van der Waals surface area contributed by atoms with E-state index in [1.165, 1.54) is 5.71 Å². The first-order chi connectivity index (χ1) is 3.43. The van der Waals surface area contributed by atoms with E-state index in [-0.39, 0.29) is 0 Å². The van der Waals surface area contributed by atoms with E-state index in [0.29, 0.717) is 0 Å². The summed E-state index contributed by atoms with van der Waals surface area (Å²) in [6.45, 7) is 2.92. The molecule has 1 heterocycles.